The van der Waals surface area contributed by atoms with Crippen LogP contribution in [0.15, 0.2) is 0 Å². The van der Waals surface area contributed by atoms with Gasteiger partial charge in [0.1, 0.15) is 0 Å². The lowest BCUT2D eigenvalue weighted by Crippen LogP contribution is -2.46. The van der Waals surface area contributed by atoms with Crippen LogP contribution in [0.5, 0.6) is 0 Å². The molecule has 2 heterocycles. The van der Waals surface area contributed by atoms with E-state index in [9.17, 15) is 4.79 Å². The van der Waals surface area contributed by atoms with Gasteiger partial charge in [-0.25, -0.2) is 5.01 Å². The van der Waals surface area contributed by atoms with Crippen LogP contribution in [0.2, 0.25) is 0 Å². The highest BCUT2D eigenvalue weighted by Gasteiger charge is 2.18. The van der Waals surface area contributed by atoms with E-state index >= 15 is 0 Å². The summed E-state index contributed by atoms with van der Waals surface area (Å²) < 4.78 is 0. The first-order chi connectivity index (χ1) is 9.24. The van der Waals surface area contributed by atoms with E-state index in [1.165, 1.54) is 37.9 Å². The minimum absolute atomic E-state index is 0.211. The van der Waals surface area contributed by atoms with E-state index < -0.39 is 0 Å². The summed E-state index contributed by atoms with van der Waals surface area (Å²) in [5.74, 6) is 2.33. The Bertz CT molecular complexity index is 275. The van der Waals surface area contributed by atoms with Crippen LogP contribution in [0.4, 0.5) is 0 Å². The van der Waals surface area contributed by atoms with E-state index in [-0.39, 0.29) is 5.91 Å². The molecule has 0 aliphatic carbocycles. The number of unbranched alkanes of at least 4 members (excludes halogenated alkanes) is 1. The third-order valence-electron chi connectivity index (χ3n) is 3.97. The van der Waals surface area contributed by atoms with Gasteiger partial charge in [-0.3, -0.25) is 10.2 Å². The fourth-order valence-corrected chi connectivity index (χ4v) is 5.60. The van der Waals surface area contributed by atoms with Crippen LogP contribution in [0.3, 0.4) is 0 Å². The highest BCUT2D eigenvalue weighted by Crippen LogP contribution is 2.39. The molecule has 0 aromatic rings. The molecule has 1 N–H and O–H groups in total. The molecule has 2 rings (SSSR count). The molecule has 2 saturated heterocycles. The Morgan fingerprint density at radius 2 is 2.05 bits per heavy atom. The Hall–Kier alpha value is 0.130. The summed E-state index contributed by atoms with van der Waals surface area (Å²) in [5.41, 5.74) is 3.05. The maximum absolute atomic E-state index is 11.8. The number of carbonyl (C=O) groups is 1. The largest absolute Gasteiger partial charge is 0.289 e. The molecule has 0 bridgehead atoms. The van der Waals surface area contributed by atoms with Crippen molar-refractivity contribution in [2.75, 3.05) is 18.8 Å². The van der Waals surface area contributed by atoms with Crippen molar-refractivity contribution in [2.45, 2.75) is 57.1 Å². The molecule has 3 nitrogen and oxygen atoms in total. The summed E-state index contributed by atoms with van der Waals surface area (Å²) in [6.45, 7) is 4.32. The van der Waals surface area contributed by atoms with Crippen molar-refractivity contribution in [3.8, 4) is 0 Å². The summed E-state index contributed by atoms with van der Waals surface area (Å²) in [4.78, 5) is 11.8. The molecule has 2 fully saturated rings. The minimum Gasteiger partial charge on any atom is -0.289 e. The number of hydrogen-bond acceptors (Lipinski definition) is 4. The first kappa shape index (κ1) is 15.5. The minimum atomic E-state index is 0.211. The second kappa shape index (κ2) is 8.42. The van der Waals surface area contributed by atoms with Gasteiger partial charge in [0.2, 0.25) is 5.91 Å². The SMILES string of the molecule is CC1CCN(NC(=O)CCCC[C@@H]2CCSS2)CC1. The second-order valence-corrected chi connectivity index (χ2v) is 8.57. The van der Waals surface area contributed by atoms with Gasteiger partial charge in [-0.05, 0) is 38.0 Å². The van der Waals surface area contributed by atoms with E-state index in [1.54, 1.807) is 0 Å². The first-order valence-corrected chi connectivity index (χ1v) is 9.95. The number of nitrogens with one attached hydrogen (secondary N) is 1. The van der Waals surface area contributed by atoms with E-state index in [4.69, 9.17) is 0 Å². The molecule has 5 heteroatoms. The lowest BCUT2D eigenvalue weighted by molar-refractivity contribution is -0.126. The fraction of sp³-hybridized carbons (Fsp3) is 0.929. The predicted molar refractivity (Wildman–Crippen MR) is 85.0 cm³/mol. The summed E-state index contributed by atoms with van der Waals surface area (Å²) >= 11 is 0. The zero-order valence-corrected chi connectivity index (χ0v) is 13.5. The van der Waals surface area contributed by atoms with Gasteiger partial charge in [-0.1, -0.05) is 34.9 Å². The van der Waals surface area contributed by atoms with Crippen molar-refractivity contribution in [2.24, 2.45) is 5.92 Å². The number of amides is 1. The zero-order valence-electron chi connectivity index (χ0n) is 11.9. The van der Waals surface area contributed by atoms with Crippen LogP contribution in [0.25, 0.3) is 0 Å². The maximum atomic E-state index is 11.8. The number of hydrogen-bond donors (Lipinski definition) is 1. The van der Waals surface area contributed by atoms with Crippen molar-refractivity contribution >= 4 is 27.5 Å². The number of nitrogens with zero attached hydrogens (tertiary/aromatic N) is 1. The second-order valence-electron chi connectivity index (χ2n) is 5.78. The highest BCUT2D eigenvalue weighted by molar-refractivity contribution is 8.77. The zero-order chi connectivity index (χ0) is 13.5. The number of rotatable bonds is 6. The molecule has 19 heavy (non-hydrogen) atoms. The van der Waals surface area contributed by atoms with Crippen LogP contribution in [0.1, 0.15) is 51.9 Å². The van der Waals surface area contributed by atoms with Crippen molar-refractivity contribution in [3.05, 3.63) is 0 Å². The standard InChI is InChI=1S/C14H26N2OS2/c1-12-6-9-16(10-7-12)15-14(17)5-3-2-4-13-8-11-18-19-13/h12-13H,2-11H2,1H3,(H,15,17)/t13-/m1/s1. The molecule has 110 valence electrons. The average molecular weight is 303 g/mol. The lowest BCUT2D eigenvalue weighted by atomic mass is 10.0. The third-order valence-corrected chi connectivity index (χ3v) is 6.98. The predicted octanol–water partition coefficient (Wildman–Crippen LogP) is 3.46. The van der Waals surface area contributed by atoms with Gasteiger partial charge in [-0.15, -0.1) is 0 Å². The van der Waals surface area contributed by atoms with Crippen LogP contribution in [-0.4, -0.2) is 35.0 Å². The van der Waals surface area contributed by atoms with E-state index in [0.717, 1.165) is 30.7 Å². The maximum Gasteiger partial charge on any atom is 0.234 e. The van der Waals surface area contributed by atoms with Crippen molar-refractivity contribution in [1.29, 1.82) is 0 Å². The normalized spacial score (nSPS) is 25.6. The number of piperidine rings is 1. The number of hydrazine groups is 1. The Morgan fingerprint density at radius 3 is 2.74 bits per heavy atom. The van der Waals surface area contributed by atoms with E-state index in [2.05, 4.69) is 17.4 Å². The van der Waals surface area contributed by atoms with Gasteiger partial charge < -0.3 is 0 Å². The summed E-state index contributed by atoms with van der Waals surface area (Å²) in [7, 11) is 4.04. The molecule has 0 radical (unpaired) electrons. The molecule has 0 spiro atoms. The first-order valence-electron chi connectivity index (χ1n) is 7.57. The van der Waals surface area contributed by atoms with Crippen molar-refractivity contribution < 1.29 is 4.79 Å². The molecule has 0 aromatic carbocycles. The summed E-state index contributed by atoms with van der Waals surface area (Å²) in [6.07, 6.45) is 7.98. The molecule has 0 aromatic heterocycles. The Kier molecular flexibility index (Phi) is 6.88. The van der Waals surface area contributed by atoms with Gasteiger partial charge in [-0.2, -0.15) is 0 Å². The molecular weight excluding hydrogens is 276 g/mol. The molecule has 1 amide bonds. The quantitative estimate of drug-likeness (QED) is 0.601. The summed E-state index contributed by atoms with van der Waals surface area (Å²) in [6, 6.07) is 0. The van der Waals surface area contributed by atoms with Gasteiger partial charge in [0.05, 0.1) is 0 Å². The van der Waals surface area contributed by atoms with Gasteiger partial charge in [0.15, 0.2) is 0 Å². The average Bonchev–Trinajstić information content (AvgIpc) is 2.91. The molecule has 1 atom stereocenters. The monoisotopic (exact) mass is 302 g/mol. The fourth-order valence-electron chi connectivity index (χ4n) is 2.57. The van der Waals surface area contributed by atoms with Gasteiger partial charge in [0, 0.05) is 30.5 Å². The van der Waals surface area contributed by atoms with E-state index in [0.29, 0.717) is 6.42 Å². The molecule has 2 aliphatic rings. The Labute approximate surface area is 125 Å². The Balaban J connectivity index is 1.49. The smallest absolute Gasteiger partial charge is 0.234 e. The Morgan fingerprint density at radius 1 is 1.26 bits per heavy atom. The molecule has 0 unspecified atom stereocenters. The highest BCUT2D eigenvalue weighted by atomic mass is 33.1. The van der Waals surface area contributed by atoms with Gasteiger partial charge in [0.25, 0.3) is 0 Å². The lowest BCUT2D eigenvalue weighted by Gasteiger charge is -2.30. The van der Waals surface area contributed by atoms with E-state index in [1.807, 2.05) is 21.6 Å². The van der Waals surface area contributed by atoms with Crippen molar-refractivity contribution in [1.82, 2.24) is 10.4 Å². The topological polar surface area (TPSA) is 32.3 Å². The summed E-state index contributed by atoms with van der Waals surface area (Å²) in [5, 5.41) is 2.95. The third kappa shape index (κ3) is 5.96. The molecule has 0 saturated carbocycles. The van der Waals surface area contributed by atoms with Crippen LogP contribution in [-0.2, 0) is 4.79 Å². The van der Waals surface area contributed by atoms with Crippen LogP contribution >= 0.6 is 21.6 Å². The molecular formula is C14H26N2OS2. The van der Waals surface area contributed by atoms with Crippen LogP contribution < -0.4 is 5.43 Å². The van der Waals surface area contributed by atoms with Crippen molar-refractivity contribution in [3.63, 3.8) is 0 Å². The van der Waals surface area contributed by atoms with Gasteiger partial charge >= 0.3 is 0 Å². The van der Waals surface area contributed by atoms with Crippen LogP contribution in [0, 0.1) is 5.92 Å². The number of carbonyl (C=O) groups excluding carboxylic acids is 1. The molecule has 2 aliphatic heterocycles.